The summed E-state index contributed by atoms with van der Waals surface area (Å²) in [6.07, 6.45) is 8.49. The summed E-state index contributed by atoms with van der Waals surface area (Å²) in [6, 6.07) is 0. The summed E-state index contributed by atoms with van der Waals surface area (Å²) in [5.41, 5.74) is -0.369. The maximum atomic E-state index is 13.2. The number of rotatable bonds is 20. The van der Waals surface area contributed by atoms with Crippen molar-refractivity contribution in [3.05, 3.63) is 0 Å². The fourth-order valence-electron chi connectivity index (χ4n) is 4.53. The molecule has 0 fully saturated rings. The molecule has 0 heterocycles. The van der Waals surface area contributed by atoms with E-state index in [1.54, 1.807) is 0 Å². The summed E-state index contributed by atoms with van der Waals surface area (Å²) in [7, 11) is -3.15. The summed E-state index contributed by atoms with van der Waals surface area (Å²) in [5.74, 6) is -3.03. The quantitative estimate of drug-likeness (QED) is 0.130. The minimum absolute atomic E-state index is 0.309. The molecule has 0 aromatic rings. The van der Waals surface area contributed by atoms with Crippen molar-refractivity contribution in [3.63, 3.8) is 0 Å². The molecule has 0 spiro atoms. The zero-order valence-electron chi connectivity index (χ0n) is 22.7. The Bertz CT molecular complexity index is 501. The average Bonchev–Trinajstić information content (AvgIpc) is 2.78. The Morgan fingerprint density at radius 2 is 1.18 bits per heavy atom. The van der Waals surface area contributed by atoms with Crippen LogP contribution in [0, 0.1) is 0 Å². The number of alkyl carbamates (subject to hydrolysis) is 1. The van der Waals surface area contributed by atoms with E-state index in [9.17, 15) is 4.79 Å². The Balaban J connectivity index is 5.77. The Hall–Kier alpha value is 0.0869. The number of halogens is 1. The molecule has 0 bridgehead atoms. The fourth-order valence-corrected chi connectivity index (χ4v) is 14.6. The van der Waals surface area contributed by atoms with Crippen LogP contribution < -0.4 is 5.32 Å². The third-order valence-electron chi connectivity index (χ3n) is 6.10. The van der Waals surface area contributed by atoms with Crippen LogP contribution in [0.3, 0.4) is 0 Å². The van der Waals surface area contributed by atoms with Crippen LogP contribution in [0.1, 0.15) is 100 Å². The van der Waals surface area contributed by atoms with Gasteiger partial charge in [-0.05, 0) is 0 Å². The van der Waals surface area contributed by atoms with E-state index in [-0.39, 0.29) is 11.5 Å². The first kappa shape index (κ1) is 33.1. The van der Waals surface area contributed by atoms with E-state index in [0.717, 1.165) is 57.0 Å². The second-order valence-corrected chi connectivity index (χ2v) is 20.0. The Kier molecular flexibility index (Phi) is 16.7. The second kappa shape index (κ2) is 16.7. The van der Waals surface area contributed by atoms with Gasteiger partial charge in [-0.1, -0.05) is 0 Å². The van der Waals surface area contributed by atoms with Crippen LogP contribution in [0.25, 0.3) is 0 Å². The van der Waals surface area contributed by atoms with E-state index >= 15 is 0 Å². The SMILES string of the molecule is CCCO[Si](OCCC)(OCCC)C(CC)NC(=O)OC(C)P(Cl)(CCC)(CCC)CCC. The third kappa shape index (κ3) is 9.93. The number of hydrogen-bond donors (Lipinski definition) is 1. The predicted octanol–water partition coefficient (Wildman–Crippen LogP) is 7.53. The molecule has 2 unspecified atom stereocenters. The normalized spacial score (nSPS) is 15.5. The number of carbonyl (C=O) groups is 1. The monoisotopic (exact) mass is 529 g/mol. The van der Waals surface area contributed by atoms with Gasteiger partial charge in [0.05, 0.1) is 0 Å². The van der Waals surface area contributed by atoms with E-state index in [2.05, 4.69) is 46.9 Å². The number of ether oxygens (including phenoxy) is 1. The molecular weight excluding hydrogens is 477 g/mol. The van der Waals surface area contributed by atoms with E-state index in [0.29, 0.717) is 26.2 Å². The zero-order valence-corrected chi connectivity index (χ0v) is 25.4. The molecule has 1 N–H and O–H groups in total. The van der Waals surface area contributed by atoms with Crippen LogP contribution in [0.2, 0.25) is 0 Å². The van der Waals surface area contributed by atoms with Crippen LogP contribution in [0.5, 0.6) is 0 Å². The molecule has 0 aromatic carbocycles. The first-order valence-electron chi connectivity index (χ1n) is 13.3. The molecule has 33 heavy (non-hydrogen) atoms. The third-order valence-corrected chi connectivity index (χ3v) is 18.1. The molecule has 0 aromatic heterocycles. The van der Waals surface area contributed by atoms with Gasteiger partial charge in [-0.2, -0.15) is 0 Å². The first-order valence-corrected chi connectivity index (χ1v) is 18.8. The Morgan fingerprint density at radius 3 is 1.48 bits per heavy atom. The molecule has 0 aliphatic rings. The van der Waals surface area contributed by atoms with Gasteiger partial charge in [-0.3, -0.25) is 0 Å². The molecule has 6 nitrogen and oxygen atoms in total. The van der Waals surface area contributed by atoms with Crippen molar-refractivity contribution in [2.45, 2.75) is 112 Å². The van der Waals surface area contributed by atoms with Gasteiger partial charge < -0.3 is 0 Å². The summed E-state index contributed by atoms with van der Waals surface area (Å²) >= 11 is 7.52. The number of nitrogens with one attached hydrogen (secondary N) is 1. The number of hydrogen-bond acceptors (Lipinski definition) is 5. The van der Waals surface area contributed by atoms with E-state index in [1.807, 2.05) is 13.8 Å². The van der Waals surface area contributed by atoms with Gasteiger partial charge in [0.25, 0.3) is 0 Å². The van der Waals surface area contributed by atoms with Crippen LogP contribution in [0.4, 0.5) is 4.79 Å². The second-order valence-electron chi connectivity index (χ2n) is 9.10. The molecule has 1 amide bonds. The van der Waals surface area contributed by atoms with Crippen LogP contribution in [-0.4, -0.2) is 64.7 Å². The van der Waals surface area contributed by atoms with Crippen molar-refractivity contribution in [2.24, 2.45) is 0 Å². The van der Waals surface area contributed by atoms with Crippen molar-refractivity contribution in [3.8, 4) is 0 Å². The van der Waals surface area contributed by atoms with Crippen LogP contribution in [0.15, 0.2) is 0 Å². The summed E-state index contributed by atoms with van der Waals surface area (Å²) in [6.45, 7) is 18.3. The van der Waals surface area contributed by atoms with Gasteiger partial charge in [0.1, 0.15) is 0 Å². The number of carbonyl (C=O) groups excluding carboxylic acids is 1. The van der Waals surface area contributed by atoms with Gasteiger partial charge in [-0.15, -0.1) is 0 Å². The zero-order chi connectivity index (χ0) is 25.4. The van der Waals surface area contributed by atoms with Gasteiger partial charge in [0.2, 0.25) is 0 Å². The molecule has 0 radical (unpaired) electrons. The van der Waals surface area contributed by atoms with Crippen molar-refractivity contribution < 1.29 is 22.8 Å². The molecule has 9 heteroatoms. The van der Waals surface area contributed by atoms with Crippen LogP contribution in [-0.2, 0) is 18.0 Å². The predicted molar refractivity (Wildman–Crippen MR) is 146 cm³/mol. The van der Waals surface area contributed by atoms with Gasteiger partial charge in [0.15, 0.2) is 0 Å². The molecule has 0 aliphatic carbocycles. The molecule has 2 atom stereocenters. The maximum absolute atomic E-state index is 13.2. The summed E-state index contributed by atoms with van der Waals surface area (Å²) in [4.78, 5) is 13.2. The van der Waals surface area contributed by atoms with E-state index in [1.165, 1.54) is 0 Å². The summed E-state index contributed by atoms with van der Waals surface area (Å²) in [5, 5.41) is 3.07. The Labute approximate surface area is 210 Å². The van der Waals surface area contributed by atoms with Crippen molar-refractivity contribution in [1.82, 2.24) is 5.32 Å². The van der Waals surface area contributed by atoms with Gasteiger partial charge in [0, 0.05) is 0 Å². The molecule has 0 saturated heterocycles. The van der Waals surface area contributed by atoms with Gasteiger partial charge in [-0.25, -0.2) is 0 Å². The van der Waals surface area contributed by atoms with E-state index in [4.69, 9.17) is 29.3 Å². The van der Waals surface area contributed by atoms with Crippen molar-refractivity contribution >= 4 is 32.1 Å². The molecule has 0 rings (SSSR count). The van der Waals surface area contributed by atoms with Crippen molar-refractivity contribution in [2.75, 3.05) is 38.3 Å². The van der Waals surface area contributed by atoms with Crippen molar-refractivity contribution in [1.29, 1.82) is 0 Å². The number of amides is 1. The molecule has 0 aliphatic heterocycles. The van der Waals surface area contributed by atoms with E-state index < -0.39 is 20.9 Å². The Morgan fingerprint density at radius 1 is 0.788 bits per heavy atom. The molecular formula is C24H53ClNO5PSi. The van der Waals surface area contributed by atoms with Gasteiger partial charge >= 0.3 is 210 Å². The fraction of sp³-hybridized carbons (Fsp3) is 0.958. The summed E-state index contributed by atoms with van der Waals surface area (Å²) < 4.78 is 24.8. The van der Waals surface area contributed by atoms with Crippen LogP contribution >= 0.6 is 17.2 Å². The minimum atomic E-state index is -3.15. The topological polar surface area (TPSA) is 66.0 Å². The molecule has 0 saturated carbocycles. The average molecular weight is 530 g/mol. The standard InChI is InChI=1S/C24H53ClNO5PSi/c1-9-16-28-33(29-17-10-2,30-18-11-3)23(15-7)26-24(27)31-22(8)32(25,19-12-4,20-13-5)21-14-6/h22-23H,9-21H2,1-8H3,(H,26,27). The first-order chi connectivity index (χ1) is 15.6. The molecule has 200 valence electrons.